The lowest BCUT2D eigenvalue weighted by molar-refractivity contribution is 0.0628. The Bertz CT molecular complexity index is 732. The predicted octanol–water partition coefficient (Wildman–Crippen LogP) is 2.86. The molecule has 124 valence electrons. The van der Waals surface area contributed by atoms with Crippen LogP contribution in [0.4, 0.5) is 5.69 Å². The molecule has 0 radical (unpaired) electrons. The molecule has 1 heterocycles. The third-order valence-corrected chi connectivity index (χ3v) is 5.05. The molecule has 0 unspecified atom stereocenters. The summed E-state index contributed by atoms with van der Waals surface area (Å²) in [5.74, 6) is 0.0941. The maximum atomic E-state index is 13.1. The molecular weight excluding hydrogens is 298 g/mol. The highest BCUT2D eigenvalue weighted by Gasteiger charge is 2.32. The fourth-order valence-electron chi connectivity index (χ4n) is 3.58. The summed E-state index contributed by atoms with van der Waals surface area (Å²) in [5.41, 5.74) is 9.43. The molecule has 0 spiro atoms. The van der Waals surface area contributed by atoms with Crippen molar-refractivity contribution in [1.82, 2.24) is 9.80 Å². The maximum absolute atomic E-state index is 13.1. The van der Waals surface area contributed by atoms with E-state index in [-0.39, 0.29) is 5.91 Å². The predicted molar refractivity (Wildman–Crippen MR) is 96.8 cm³/mol. The summed E-state index contributed by atoms with van der Waals surface area (Å²) in [4.78, 5) is 17.6. The first-order valence-electron chi connectivity index (χ1n) is 8.71. The van der Waals surface area contributed by atoms with Gasteiger partial charge in [-0.25, -0.2) is 0 Å². The molecule has 1 amide bonds. The van der Waals surface area contributed by atoms with Gasteiger partial charge in [-0.3, -0.25) is 9.69 Å². The van der Waals surface area contributed by atoms with E-state index in [2.05, 4.69) is 4.90 Å². The molecule has 2 aromatic rings. The summed E-state index contributed by atoms with van der Waals surface area (Å²) >= 11 is 0. The zero-order valence-corrected chi connectivity index (χ0v) is 13.8. The second-order valence-corrected chi connectivity index (χ2v) is 6.70. The number of nitrogens with zero attached hydrogens (tertiary/aromatic N) is 2. The number of nitrogen functional groups attached to an aromatic ring is 1. The van der Waals surface area contributed by atoms with Gasteiger partial charge in [0.1, 0.15) is 0 Å². The van der Waals surface area contributed by atoms with E-state index in [1.807, 2.05) is 53.4 Å². The number of hydrogen-bond donors (Lipinski definition) is 1. The number of nitrogens with two attached hydrogens (primary N) is 1. The maximum Gasteiger partial charge on any atom is 0.254 e. The third-order valence-electron chi connectivity index (χ3n) is 5.05. The van der Waals surface area contributed by atoms with Crippen LogP contribution < -0.4 is 5.73 Å². The van der Waals surface area contributed by atoms with Crippen molar-refractivity contribution in [3.05, 3.63) is 54.1 Å². The zero-order valence-electron chi connectivity index (χ0n) is 13.8. The lowest BCUT2D eigenvalue weighted by atomic mass is 9.97. The molecule has 1 saturated carbocycles. The first kappa shape index (κ1) is 15.2. The number of anilines is 1. The summed E-state index contributed by atoms with van der Waals surface area (Å²) in [5, 5.41) is 0. The Labute approximate surface area is 142 Å². The molecule has 2 fully saturated rings. The lowest BCUT2D eigenvalue weighted by Crippen LogP contribution is -2.49. The largest absolute Gasteiger partial charge is 0.398 e. The van der Waals surface area contributed by atoms with Gasteiger partial charge in [0.25, 0.3) is 5.91 Å². The second kappa shape index (κ2) is 6.29. The Morgan fingerprint density at radius 3 is 2.29 bits per heavy atom. The molecule has 0 aromatic heterocycles. The van der Waals surface area contributed by atoms with E-state index < -0.39 is 0 Å². The minimum Gasteiger partial charge on any atom is -0.398 e. The topological polar surface area (TPSA) is 49.6 Å². The van der Waals surface area contributed by atoms with Gasteiger partial charge in [0.05, 0.1) is 0 Å². The number of carbonyl (C=O) groups is 1. The van der Waals surface area contributed by atoms with Crippen molar-refractivity contribution in [3.8, 4) is 11.1 Å². The monoisotopic (exact) mass is 321 g/mol. The van der Waals surface area contributed by atoms with Crippen LogP contribution in [0.5, 0.6) is 0 Å². The van der Waals surface area contributed by atoms with Crippen molar-refractivity contribution in [2.75, 3.05) is 31.9 Å². The highest BCUT2D eigenvalue weighted by atomic mass is 16.2. The van der Waals surface area contributed by atoms with Crippen LogP contribution in [0.2, 0.25) is 0 Å². The van der Waals surface area contributed by atoms with Crippen molar-refractivity contribution >= 4 is 11.6 Å². The van der Waals surface area contributed by atoms with Crippen LogP contribution in [0.15, 0.2) is 48.5 Å². The Hall–Kier alpha value is -2.33. The Morgan fingerprint density at radius 1 is 0.917 bits per heavy atom. The number of piperazine rings is 1. The normalized spacial score (nSPS) is 18.6. The lowest BCUT2D eigenvalue weighted by Gasteiger charge is -2.35. The van der Waals surface area contributed by atoms with Crippen LogP contribution in [-0.2, 0) is 0 Å². The fourth-order valence-corrected chi connectivity index (χ4v) is 3.58. The Balaban J connectivity index is 1.60. The first-order chi connectivity index (χ1) is 11.7. The molecule has 4 heteroatoms. The second-order valence-electron chi connectivity index (χ2n) is 6.70. The molecular formula is C20H23N3O. The summed E-state index contributed by atoms with van der Waals surface area (Å²) < 4.78 is 0. The van der Waals surface area contributed by atoms with Gasteiger partial charge in [-0.2, -0.15) is 0 Å². The van der Waals surface area contributed by atoms with Gasteiger partial charge in [0, 0.05) is 49.0 Å². The highest BCUT2D eigenvalue weighted by Crippen LogP contribution is 2.31. The molecule has 2 N–H and O–H groups in total. The molecule has 4 rings (SSSR count). The van der Waals surface area contributed by atoms with Crippen molar-refractivity contribution in [3.63, 3.8) is 0 Å². The van der Waals surface area contributed by atoms with Crippen molar-refractivity contribution in [1.29, 1.82) is 0 Å². The van der Waals surface area contributed by atoms with E-state index in [1.165, 1.54) is 12.8 Å². The van der Waals surface area contributed by atoms with Crippen LogP contribution in [0.1, 0.15) is 23.2 Å². The minimum absolute atomic E-state index is 0.0941. The summed E-state index contributed by atoms with van der Waals surface area (Å²) in [7, 11) is 0. The minimum atomic E-state index is 0.0941. The molecule has 1 saturated heterocycles. The third kappa shape index (κ3) is 2.89. The van der Waals surface area contributed by atoms with E-state index in [0.29, 0.717) is 11.3 Å². The quantitative estimate of drug-likeness (QED) is 0.885. The van der Waals surface area contributed by atoms with Gasteiger partial charge in [-0.1, -0.05) is 36.4 Å². The number of amides is 1. The SMILES string of the molecule is Nc1cccc(C(=O)N2CCN(C3CC3)CC2)c1-c1ccccc1. The van der Waals surface area contributed by atoms with Crippen LogP contribution in [0.3, 0.4) is 0 Å². The fraction of sp³-hybridized carbons (Fsp3) is 0.350. The highest BCUT2D eigenvalue weighted by molar-refractivity contribution is 6.03. The number of hydrogen-bond acceptors (Lipinski definition) is 3. The Morgan fingerprint density at radius 2 is 1.62 bits per heavy atom. The molecule has 24 heavy (non-hydrogen) atoms. The average molecular weight is 321 g/mol. The van der Waals surface area contributed by atoms with Crippen LogP contribution in [0, 0.1) is 0 Å². The van der Waals surface area contributed by atoms with Crippen molar-refractivity contribution < 1.29 is 4.79 Å². The molecule has 4 nitrogen and oxygen atoms in total. The van der Waals surface area contributed by atoms with E-state index in [4.69, 9.17) is 5.73 Å². The molecule has 1 aliphatic carbocycles. The average Bonchev–Trinajstić information content (AvgIpc) is 3.47. The van der Waals surface area contributed by atoms with Gasteiger partial charge in [-0.05, 0) is 30.5 Å². The van der Waals surface area contributed by atoms with E-state index >= 15 is 0 Å². The standard InChI is InChI=1S/C20H23N3O/c21-18-8-4-7-17(19(18)15-5-2-1-3-6-15)20(24)23-13-11-22(12-14-23)16-9-10-16/h1-8,16H,9-14,21H2. The van der Waals surface area contributed by atoms with Crippen LogP contribution in [-0.4, -0.2) is 47.9 Å². The van der Waals surface area contributed by atoms with Gasteiger partial charge in [0.2, 0.25) is 0 Å². The van der Waals surface area contributed by atoms with Crippen LogP contribution >= 0.6 is 0 Å². The van der Waals surface area contributed by atoms with E-state index in [0.717, 1.165) is 43.3 Å². The van der Waals surface area contributed by atoms with E-state index in [9.17, 15) is 4.79 Å². The summed E-state index contributed by atoms with van der Waals surface area (Å²) in [6, 6.07) is 16.3. The molecule has 0 atom stereocenters. The van der Waals surface area contributed by atoms with Gasteiger partial charge < -0.3 is 10.6 Å². The molecule has 2 aromatic carbocycles. The number of benzene rings is 2. The molecule has 1 aliphatic heterocycles. The number of carbonyl (C=O) groups excluding carboxylic acids is 1. The smallest absolute Gasteiger partial charge is 0.254 e. The number of rotatable bonds is 3. The first-order valence-corrected chi connectivity index (χ1v) is 8.71. The van der Waals surface area contributed by atoms with E-state index in [1.54, 1.807) is 0 Å². The molecule has 0 bridgehead atoms. The summed E-state index contributed by atoms with van der Waals surface area (Å²) in [6.07, 6.45) is 2.64. The van der Waals surface area contributed by atoms with Crippen molar-refractivity contribution in [2.24, 2.45) is 0 Å². The van der Waals surface area contributed by atoms with Gasteiger partial charge >= 0.3 is 0 Å². The zero-order chi connectivity index (χ0) is 16.5. The Kier molecular flexibility index (Phi) is 3.98. The molecule has 2 aliphatic rings. The van der Waals surface area contributed by atoms with Gasteiger partial charge in [0.15, 0.2) is 0 Å². The van der Waals surface area contributed by atoms with Crippen LogP contribution in [0.25, 0.3) is 11.1 Å². The summed E-state index contributed by atoms with van der Waals surface area (Å²) in [6.45, 7) is 3.58. The van der Waals surface area contributed by atoms with Gasteiger partial charge in [-0.15, -0.1) is 0 Å². The van der Waals surface area contributed by atoms with Crippen molar-refractivity contribution in [2.45, 2.75) is 18.9 Å².